The van der Waals surface area contributed by atoms with Crippen LogP contribution in [-0.2, 0) is 4.79 Å². The number of allylic oxidation sites excluding steroid dienone is 4. The number of carbonyl (C=O) groups is 1. The Labute approximate surface area is 234 Å². The lowest BCUT2D eigenvalue weighted by Gasteiger charge is -2.27. The molecule has 5 N–H and O–H groups in total. The zero-order valence-electron chi connectivity index (χ0n) is 24.7. The van der Waals surface area contributed by atoms with Crippen molar-refractivity contribution < 1.29 is 25.2 Å². The SMILES string of the molecule is CCCCCCC/C=C/CC/C=C/CCCC(O)C(O)C(CO)NC(=O)C(O)CCCCCCCCCC. The molecule has 0 heterocycles. The number of rotatable bonds is 27. The van der Waals surface area contributed by atoms with Gasteiger partial charge in [0.05, 0.1) is 18.8 Å². The fraction of sp³-hybridized carbons (Fsp3) is 0.844. The van der Waals surface area contributed by atoms with Crippen molar-refractivity contribution in [2.24, 2.45) is 0 Å². The predicted molar refractivity (Wildman–Crippen MR) is 159 cm³/mol. The van der Waals surface area contributed by atoms with Crippen LogP contribution in [0.2, 0.25) is 0 Å². The van der Waals surface area contributed by atoms with Crippen molar-refractivity contribution in [2.75, 3.05) is 6.61 Å². The molecule has 0 bridgehead atoms. The van der Waals surface area contributed by atoms with Gasteiger partial charge in [0, 0.05) is 0 Å². The lowest BCUT2D eigenvalue weighted by molar-refractivity contribution is -0.132. The molecular weight excluding hydrogens is 478 g/mol. The molecule has 0 aliphatic heterocycles. The molecule has 0 aromatic rings. The first kappa shape index (κ1) is 36.8. The maximum absolute atomic E-state index is 12.3. The second kappa shape index (κ2) is 27.4. The van der Waals surface area contributed by atoms with Crippen LogP contribution in [0, 0.1) is 0 Å². The summed E-state index contributed by atoms with van der Waals surface area (Å²) in [6.07, 6.45) is 26.4. The quantitative estimate of drug-likeness (QED) is 0.0604. The van der Waals surface area contributed by atoms with Crippen LogP contribution in [-0.4, -0.2) is 57.3 Å². The molecule has 1 amide bonds. The van der Waals surface area contributed by atoms with Crippen LogP contribution in [0.15, 0.2) is 24.3 Å². The summed E-state index contributed by atoms with van der Waals surface area (Å²) in [5.74, 6) is -0.605. The number of carbonyl (C=O) groups excluding carboxylic acids is 1. The maximum atomic E-state index is 12.3. The monoisotopic (exact) mass is 539 g/mol. The highest BCUT2D eigenvalue weighted by molar-refractivity contribution is 5.80. The van der Waals surface area contributed by atoms with E-state index in [0.29, 0.717) is 19.3 Å². The molecule has 6 nitrogen and oxygen atoms in total. The van der Waals surface area contributed by atoms with E-state index < -0.39 is 36.9 Å². The molecule has 0 saturated heterocycles. The zero-order valence-corrected chi connectivity index (χ0v) is 24.7. The smallest absolute Gasteiger partial charge is 0.249 e. The van der Waals surface area contributed by atoms with Crippen molar-refractivity contribution >= 4 is 5.91 Å². The van der Waals surface area contributed by atoms with E-state index in [1.165, 1.54) is 70.6 Å². The fourth-order valence-electron chi connectivity index (χ4n) is 4.53. The highest BCUT2D eigenvalue weighted by atomic mass is 16.3. The molecule has 38 heavy (non-hydrogen) atoms. The average Bonchev–Trinajstić information content (AvgIpc) is 2.92. The number of aliphatic hydroxyl groups excluding tert-OH is 4. The lowest BCUT2D eigenvalue weighted by atomic mass is 10.00. The molecular formula is C32H61NO5. The maximum Gasteiger partial charge on any atom is 0.249 e. The summed E-state index contributed by atoms with van der Waals surface area (Å²) in [5, 5.41) is 43.0. The van der Waals surface area contributed by atoms with Gasteiger partial charge >= 0.3 is 0 Å². The summed E-state index contributed by atoms with van der Waals surface area (Å²) < 4.78 is 0. The first-order chi connectivity index (χ1) is 18.5. The second-order valence-corrected chi connectivity index (χ2v) is 10.8. The van der Waals surface area contributed by atoms with Gasteiger partial charge in [-0.25, -0.2) is 0 Å². The van der Waals surface area contributed by atoms with Gasteiger partial charge in [0.15, 0.2) is 0 Å². The number of hydrogen-bond acceptors (Lipinski definition) is 5. The number of unbranched alkanes of at least 4 members (excludes halogenated alkanes) is 14. The van der Waals surface area contributed by atoms with Crippen LogP contribution in [0.1, 0.15) is 142 Å². The summed E-state index contributed by atoms with van der Waals surface area (Å²) in [5.41, 5.74) is 0. The summed E-state index contributed by atoms with van der Waals surface area (Å²) in [6, 6.07) is -1.00. The summed E-state index contributed by atoms with van der Waals surface area (Å²) >= 11 is 0. The third-order valence-electron chi connectivity index (χ3n) is 7.14. The van der Waals surface area contributed by atoms with Crippen molar-refractivity contribution in [1.82, 2.24) is 5.32 Å². The van der Waals surface area contributed by atoms with E-state index in [1.54, 1.807) is 0 Å². The minimum atomic E-state index is -1.28. The number of aliphatic hydroxyl groups is 4. The van der Waals surface area contributed by atoms with Gasteiger partial charge in [0.1, 0.15) is 12.2 Å². The Bertz CT molecular complexity index is 580. The zero-order chi connectivity index (χ0) is 28.3. The molecule has 0 aromatic carbocycles. The van der Waals surface area contributed by atoms with E-state index in [2.05, 4.69) is 43.5 Å². The first-order valence-electron chi connectivity index (χ1n) is 15.7. The predicted octanol–water partition coefficient (Wildman–Crippen LogP) is 6.50. The van der Waals surface area contributed by atoms with Crippen LogP contribution in [0.3, 0.4) is 0 Å². The van der Waals surface area contributed by atoms with E-state index in [-0.39, 0.29) is 0 Å². The molecule has 0 aliphatic carbocycles. The lowest BCUT2D eigenvalue weighted by Crippen LogP contribution is -2.53. The highest BCUT2D eigenvalue weighted by Gasteiger charge is 2.28. The molecule has 0 aliphatic rings. The van der Waals surface area contributed by atoms with Crippen molar-refractivity contribution in [3.05, 3.63) is 24.3 Å². The Morgan fingerprint density at radius 1 is 0.632 bits per heavy atom. The first-order valence-corrected chi connectivity index (χ1v) is 15.7. The second-order valence-electron chi connectivity index (χ2n) is 10.8. The molecule has 6 heteroatoms. The van der Waals surface area contributed by atoms with Gasteiger partial charge in [-0.3, -0.25) is 4.79 Å². The van der Waals surface area contributed by atoms with Gasteiger partial charge in [-0.2, -0.15) is 0 Å². The van der Waals surface area contributed by atoms with E-state index in [4.69, 9.17) is 0 Å². The third-order valence-corrected chi connectivity index (χ3v) is 7.14. The summed E-state index contributed by atoms with van der Waals surface area (Å²) in [7, 11) is 0. The van der Waals surface area contributed by atoms with Gasteiger partial charge in [-0.05, 0) is 51.4 Å². The molecule has 0 rings (SSSR count). The van der Waals surface area contributed by atoms with Crippen molar-refractivity contribution in [3.63, 3.8) is 0 Å². The third kappa shape index (κ3) is 21.7. The summed E-state index contributed by atoms with van der Waals surface area (Å²) in [4.78, 5) is 12.3. The van der Waals surface area contributed by atoms with E-state index in [0.717, 1.165) is 38.5 Å². The number of hydrogen-bond donors (Lipinski definition) is 5. The molecule has 4 atom stereocenters. The average molecular weight is 540 g/mol. The van der Waals surface area contributed by atoms with Crippen LogP contribution in [0.4, 0.5) is 0 Å². The molecule has 0 fully saturated rings. The molecule has 4 unspecified atom stereocenters. The number of amides is 1. The van der Waals surface area contributed by atoms with Gasteiger partial charge < -0.3 is 25.7 Å². The van der Waals surface area contributed by atoms with Crippen molar-refractivity contribution in [1.29, 1.82) is 0 Å². The van der Waals surface area contributed by atoms with E-state index in [9.17, 15) is 25.2 Å². The van der Waals surface area contributed by atoms with E-state index >= 15 is 0 Å². The van der Waals surface area contributed by atoms with Gasteiger partial charge in [-0.1, -0.05) is 115 Å². The Morgan fingerprint density at radius 3 is 1.66 bits per heavy atom. The van der Waals surface area contributed by atoms with Crippen LogP contribution >= 0.6 is 0 Å². The molecule has 224 valence electrons. The molecule has 0 aromatic heterocycles. The minimum absolute atomic E-state index is 0.360. The standard InChI is InChI=1S/C32H61NO5/c1-3-5-7-9-11-13-14-15-16-17-18-20-21-23-25-29(35)31(37)28(27-34)33-32(38)30(36)26-24-22-19-12-10-8-6-4-2/h14-15,18,20,28-31,34-37H,3-13,16-17,19,21-27H2,1-2H3,(H,33,38)/b15-14+,20-18+. The Balaban J connectivity index is 3.98. The highest BCUT2D eigenvalue weighted by Crippen LogP contribution is 2.13. The Morgan fingerprint density at radius 2 is 1.11 bits per heavy atom. The topological polar surface area (TPSA) is 110 Å². The molecule has 0 spiro atoms. The fourth-order valence-corrected chi connectivity index (χ4v) is 4.53. The van der Waals surface area contributed by atoms with Crippen molar-refractivity contribution in [2.45, 2.75) is 167 Å². The molecule has 0 radical (unpaired) electrons. The van der Waals surface area contributed by atoms with Gasteiger partial charge in [0.25, 0.3) is 0 Å². The van der Waals surface area contributed by atoms with Crippen LogP contribution < -0.4 is 5.32 Å². The van der Waals surface area contributed by atoms with Crippen LogP contribution in [0.25, 0.3) is 0 Å². The Hall–Kier alpha value is -1.21. The Kier molecular flexibility index (Phi) is 26.5. The van der Waals surface area contributed by atoms with Crippen molar-refractivity contribution in [3.8, 4) is 0 Å². The minimum Gasteiger partial charge on any atom is -0.394 e. The van der Waals surface area contributed by atoms with Gasteiger partial charge in [0.2, 0.25) is 5.91 Å². The molecule has 0 saturated carbocycles. The number of nitrogens with one attached hydrogen (secondary N) is 1. The van der Waals surface area contributed by atoms with E-state index in [1.807, 2.05) is 0 Å². The normalized spacial score (nSPS) is 15.2. The largest absolute Gasteiger partial charge is 0.394 e. The van der Waals surface area contributed by atoms with Gasteiger partial charge in [-0.15, -0.1) is 0 Å². The van der Waals surface area contributed by atoms with Crippen LogP contribution in [0.5, 0.6) is 0 Å². The summed E-state index contributed by atoms with van der Waals surface area (Å²) in [6.45, 7) is 3.94.